The summed E-state index contributed by atoms with van der Waals surface area (Å²) in [5, 5.41) is 24.3. The summed E-state index contributed by atoms with van der Waals surface area (Å²) in [5.74, 6) is -1.07. The van der Waals surface area contributed by atoms with Crippen LogP contribution in [0.1, 0.15) is 58.7 Å². The molecule has 9 heteroatoms. The van der Waals surface area contributed by atoms with Crippen molar-refractivity contribution < 1.29 is 24.2 Å². The Balaban J connectivity index is 3.24. The summed E-state index contributed by atoms with van der Waals surface area (Å²) >= 11 is 0. The SMILES string of the molecule is Cc1cc(C(C(=O)NC(C)(C)C)N(CC#N)C(=O)CNC(=O)OC(C)(C)C)ccc1O. The molecule has 0 fully saturated rings. The highest BCUT2D eigenvalue weighted by molar-refractivity contribution is 5.91. The highest BCUT2D eigenvalue weighted by Crippen LogP contribution is 2.27. The molecule has 0 heterocycles. The first-order valence-electron chi connectivity index (χ1n) is 9.89. The monoisotopic (exact) mass is 432 g/mol. The van der Waals surface area contributed by atoms with E-state index >= 15 is 0 Å². The van der Waals surface area contributed by atoms with Gasteiger partial charge in [0.05, 0.1) is 6.07 Å². The molecular weight excluding hydrogens is 400 g/mol. The van der Waals surface area contributed by atoms with Gasteiger partial charge >= 0.3 is 6.09 Å². The Kier molecular flexibility index (Phi) is 8.44. The van der Waals surface area contributed by atoms with Crippen molar-refractivity contribution in [2.75, 3.05) is 13.1 Å². The van der Waals surface area contributed by atoms with Crippen molar-refractivity contribution in [3.05, 3.63) is 29.3 Å². The van der Waals surface area contributed by atoms with Crippen LogP contribution in [0, 0.1) is 18.3 Å². The first-order chi connectivity index (χ1) is 14.1. The Labute approximate surface area is 183 Å². The number of rotatable bonds is 6. The fourth-order valence-electron chi connectivity index (χ4n) is 2.72. The molecule has 1 atom stereocenters. The summed E-state index contributed by atoms with van der Waals surface area (Å²) in [5.41, 5.74) is -0.379. The van der Waals surface area contributed by atoms with E-state index in [1.54, 1.807) is 54.5 Å². The van der Waals surface area contributed by atoms with E-state index in [2.05, 4.69) is 10.6 Å². The second kappa shape index (κ2) is 10.2. The van der Waals surface area contributed by atoms with Gasteiger partial charge in [0.15, 0.2) is 0 Å². The number of phenolic OH excluding ortho intramolecular Hbond substituents is 1. The molecule has 3 N–H and O–H groups in total. The number of hydrogen-bond acceptors (Lipinski definition) is 6. The first-order valence-corrected chi connectivity index (χ1v) is 9.89. The smallest absolute Gasteiger partial charge is 0.408 e. The molecule has 1 aromatic carbocycles. The van der Waals surface area contributed by atoms with Crippen LogP contribution in [0.3, 0.4) is 0 Å². The van der Waals surface area contributed by atoms with Crippen LogP contribution >= 0.6 is 0 Å². The average Bonchev–Trinajstić information content (AvgIpc) is 2.59. The lowest BCUT2D eigenvalue weighted by atomic mass is 9.99. The fourth-order valence-corrected chi connectivity index (χ4v) is 2.72. The lowest BCUT2D eigenvalue weighted by Crippen LogP contribution is -2.51. The van der Waals surface area contributed by atoms with E-state index in [0.717, 1.165) is 4.90 Å². The van der Waals surface area contributed by atoms with E-state index < -0.39 is 41.6 Å². The summed E-state index contributed by atoms with van der Waals surface area (Å²) in [4.78, 5) is 39.0. The largest absolute Gasteiger partial charge is 0.508 e. The molecule has 0 saturated heterocycles. The van der Waals surface area contributed by atoms with Crippen LogP contribution in [-0.2, 0) is 14.3 Å². The molecule has 0 aliphatic heterocycles. The van der Waals surface area contributed by atoms with Gasteiger partial charge in [0, 0.05) is 5.54 Å². The Morgan fingerprint density at radius 2 is 1.81 bits per heavy atom. The van der Waals surface area contributed by atoms with Crippen molar-refractivity contribution in [1.29, 1.82) is 5.26 Å². The number of aryl methyl sites for hydroxylation is 1. The topological polar surface area (TPSA) is 132 Å². The molecule has 0 aromatic heterocycles. The number of aromatic hydroxyl groups is 1. The number of benzene rings is 1. The molecule has 1 rings (SSSR count). The second-order valence-corrected chi connectivity index (χ2v) is 9.22. The third kappa shape index (κ3) is 8.54. The molecule has 1 aromatic rings. The number of phenols is 1. The van der Waals surface area contributed by atoms with Crippen LogP contribution in [0.25, 0.3) is 0 Å². The molecule has 170 valence electrons. The number of carbonyl (C=O) groups excluding carboxylic acids is 3. The van der Waals surface area contributed by atoms with E-state index in [-0.39, 0.29) is 12.3 Å². The number of amides is 3. The van der Waals surface area contributed by atoms with Crippen LogP contribution < -0.4 is 10.6 Å². The van der Waals surface area contributed by atoms with Crippen LogP contribution in [0.4, 0.5) is 4.79 Å². The molecule has 1 unspecified atom stereocenters. The Bertz CT molecular complexity index is 862. The lowest BCUT2D eigenvalue weighted by molar-refractivity contribution is -0.140. The van der Waals surface area contributed by atoms with Crippen LogP contribution in [-0.4, -0.2) is 52.1 Å². The van der Waals surface area contributed by atoms with Gasteiger partial charge in [-0.05, 0) is 71.7 Å². The summed E-state index contributed by atoms with van der Waals surface area (Å²) in [6.45, 7) is 11.3. The molecule has 0 spiro atoms. The quantitative estimate of drug-likeness (QED) is 0.592. The van der Waals surface area contributed by atoms with Crippen LogP contribution in [0.2, 0.25) is 0 Å². The van der Waals surface area contributed by atoms with Gasteiger partial charge in [-0.15, -0.1) is 0 Å². The maximum atomic E-state index is 13.1. The standard InChI is InChI=1S/C22H32N4O5/c1-14-12-15(8-9-16(14)27)18(19(29)25-21(2,3)4)26(11-10-23)17(28)13-24-20(30)31-22(5,6)7/h8-9,12,18,27H,11,13H2,1-7H3,(H,24,30)(H,25,29). The Morgan fingerprint density at radius 1 is 1.19 bits per heavy atom. The third-order valence-electron chi connectivity index (χ3n) is 3.94. The fraction of sp³-hybridized carbons (Fsp3) is 0.545. The minimum Gasteiger partial charge on any atom is -0.508 e. The molecule has 0 aliphatic rings. The number of nitrogens with zero attached hydrogens (tertiary/aromatic N) is 2. The Hall–Kier alpha value is -3.28. The van der Waals surface area contributed by atoms with Gasteiger partial charge in [0.1, 0.15) is 30.5 Å². The predicted octanol–water partition coefficient (Wildman–Crippen LogP) is 2.53. The summed E-state index contributed by atoms with van der Waals surface area (Å²) in [7, 11) is 0. The van der Waals surface area contributed by atoms with Gasteiger partial charge in [-0.2, -0.15) is 5.26 Å². The third-order valence-corrected chi connectivity index (χ3v) is 3.94. The van der Waals surface area contributed by atoms with Crippen LogP contribution in [0.15, 0.2) is 18.2 Å². The summed E-state index contributed by atoms with van der Waals surface area (Å²) < 4.78 is 5.12. The zero-order valence-electron chi connectivity index (χ0n) is 19.2. The molecule has 0 radical (unpaired) electrons. The van der Waals surface area contributed by atoms with Crippen molar-refractivity contribution in [2.45, 2.75) is 65.6 Å². The molecule has 9 nitrogen and oxygen atoms in total. The molecule has 0 aliphatic carbocycles. The number of carbonyl (C=O) groups is 3. The van der Waals surface area contributed by atoms with Gasteiger partial charge in [0.2, 0.25) is 11.8 Å². The van der Waals surface area contributed by atoms with Crippen LogP contribution in [0.5, 0.6) is 5.75 Å². The van der Waals surface area contributed by atoms with Crippen molar-refractivity contribution in [1.82, 2.24) is 15.5 Å². The van der Waals surface area contributed by atoms with Crippen molar-refractivity contribution in [3.63, 3.8) is 0 Å². The van der Waals surface area contributed by atoms with E-state index in [1.807, 2.05) is 6.07 Å². The first kappa shape index (κ1) is 25.8. The Morgan fingerprint density at radius 3 is 2.29 bits per heavy atom. The van der Waals surface area contributed by atoms with E-state index in [1.165, 1.54) is 12.1 Å². The molecule has 3 amide bonds. The number of hydrogen-bond donors (Lipinski definition) is 3. The number of nitriles is 1. The summed E-state index contributed by atoms with van der Waals surface area (Å²) in [6.07, 6.45) is -0.783. The maximum absolute atomic E-state index is 13.1. The maximum Gasteiger partial charge on any atom is 0.408 e. The second-order valence-electron chi connectivity index (χ2n) is 9.22. The van der Waals surface area contributed by atoms with E-state index in [9.17, 15) is 24.8 Å². The highest BCUT2D eigenvalue weighted by Gasteiger charge is 2.33. The zero-order chi connectivity index (χ0) is 24.0. The average molecular weight is 433 g/mol. The number of alkyl carbamates (subject to hydrolysis) is 1. The van der Waals surface area contributed by atoms with Gasteiger partial charge in [0.25, 0.3) is 0 Å². The molecular formula is C22H32N4O5. The summed E-state index contributed by atoms with van der Waals surface area (Å²) in [6, 6.07) is 5.30. The van der Waals surface area contributed by atoms with Crippen molar-refractivity contribution in [2.24, 2.45) is 0 Å². The lowest BCUT2D eigenvalue weighted by Gasteiger charge is -2.32. The number of ether oxygens (including phenoxy) is 1. The van der Waals surface area contributed by atoms with E-state index in [0.29, 0.717) is 11.1 Å². The van der Waals surface area contributed by atoms with Crippen molar-refractivity contribution in [3.8, 4) is 11.8 Å². The minimum absolute atomic E-state index is 0.0449. The zero-order valence-corrected chi connectivity index (χ0v) is 19.2. The molecule has 0 bridgehead atoms. The molecule has 31 heavy (non-hydrogen) atoms. The highest BCUT2D eigenvalue weighted by atomic mass is 16.6. The van der Waals surface area contributed by atoms with Gasteiger partial charge in [-0.25, -0.2) is 4.79 Å². The van der Waals surface area contributed by atoms with Crippen molar-refractivity contribution >= 4 is 17.9 Å². The predicted molar refractivity (Wildman–Crippen MR) is 115 cm³/mol. The van der Waals surface area contributed by atoms with Gasteiger partial charge in [-0.3, -0.25) is 9.59 Å². The molecule has 0 saturated carbocycles. The number of nitrogens with one attached hydrogen (secondary N) is 2. The van der Waals surface area contributed by atoms with Gasteiger partial charge in [-0.1, -0.05) is 6.07 Å². The normalized spacial score (nSPS) is 12.3. The van der Waals surface area contributed by atoms with Gasteiger partial charge < -0.3 is 25.4 Å². The van der Waals surface area contributed by atoms with E-state index in [4.69, 9.17) is 4.74 Å². The minimum atomic E-state index is -1.13.